The maximum Gasteiger partial charge on any atom is 0.265 e. The van der Waals surface area contributed by atoms with Crippen molar-refractivity contribution >= 4 is 10.9 Å². The first-order valence-electron chi connectivity index (χ1n) is 6.36. The lowest BCUT2D eigenvalue weighted by Gasteiger charge is -2.11. The Morgan fingerprint density at radius 3 is 2.60 bits per heavy atom. The third kappa shape index (κ3) is 1.86. The van der Waals surface area contributed by atoms with Crippen LogP contribution in [0.4, 0.5) is 0 Å². The van der Waals surface area contributed by atoms with Crippen LogP contribution in [0.25, 0.3) is 16.6 Å². The summed E-state index contributed by atoms with van der Waals surface area (Å²) in [5, 5.41) is 10.2. The molecule has 0 radical (unpaired) electrons. The number of hydrogen-bond donors (Lipinski definition) is 1. The zero-order valence-electron chi connectivity index (χ0n) is 11.3. The van der Waals surface area contributed by atoms with Crippen molar-refractivity contribution in [3.63, 3.8) is 0 Å². The predicted molar refractivity (Wildman–Crippen MR) is 78.5 cm³/mol. The first-order valence-corrected chi connectivity index (χ1v) is 6.36. The van der Waals surface area contributed by atoms with E-state index in [1.54, 1.807) is 37.3 Å². The average Bonchev–Trinajstić information content (AvgIpc) is 2.40. The van der Waals surface area contributed by atoms with Crippen LogP contribution in [-0.4, -0.2) is 14.7 Å². The molecule has 1 aromatic heterocycles. The summed E-state index contributed by atoms with van der Waals surface area (Å²) in [5.74, 6) is 0.723. The van der Waals surface area contributed by atoms with Gasteiger partial charge in [-0.15, -0.1) is 0 Å². The topological polar surface area (TPSA) is 55.1 Å². The van der Waals surface area contributed by atoms with E-state index in [0.29, 0.717) is 16.9 Å². The van der Waals surface area contributed by atoms with Gasteiger partial charge in [-0.25, -0.2) is 4.98 Å². The SMILES string of the molecule is Cc1cccc2c(=O)n(-c3cccc(O)c3)c(C)nc12. The van der Waals surface area contributed by atoms with Crippen molar-refractivity contribution in [3.05, 3.63) is 64.2 Å². The second-order valence-electron chi connectivity index (χ2n) is 4.79. The molecule has 1 heterocycles. The number of rotatable bonds is 1. The van der Waals surface area contributed by atoms with E-state index in [9.17, 15) is 9.90 Å². The van der Waals surface area contributed by atoms with Gasteiger partial charge in [0.05, 0.1) is 16.6 Å². The first kappa shape index (κ1) is 12.4. The number of hydrogen-bond acceptors (Lipinski definition) is 3. The summed E-state index contributed by atoms with van der Waals surface area (Å²) >= 11 is 0. The number of nitrogens with zero attached hydrogens (tertiary/aromatic N) is 2. The molecule has 1 N–H and O–H groups in total. The van der Waals surface area contributed by atoms with Gasteiger partial charge in [0.15, 0.2) is 0 Å². The molecule has 0 saturated carbocycles. The van der Waals surface area contributed by atoms with Gasteiger partial charge in [-0.3, -0.25) is 9.36 Å². The number of aromatic hydroxyl groups is 1. The zero-order valence-corrected chi connectivity index (χ0v) is 11.3. The van der Waals surface area contributed by atoms with Crippen LogP contribution in [0.5, 0.6) is 5.75 Å². The fourth-order valence-corrected chi connectivity index (χ4v) is 2.40. The highest BCUT2D eigenvalue weighted by atomic mass is 16.3. The second kappa shape index (κ2) is 4.49. The maximum absolute atomic E-state index is 12.7. The highest BCUT2D eigenvalue weighted by molar-refractivity contribution is 5.81. The number of aromatic nitrogens is 2. The lowest BCUT2D eigenvalue weighted by atomic mass is 10.1. The van der Waals surface area contributed by atoms with Crippen LogP contribution in [0, 0.1) is 13.8 Å². The van der Waals surface area contributed by atoms with Gasteiger partial charge in [-0.05, 0) is 37.6 Å². The normalized spacial score (nSPS) is 10.9. The number of aryl methyl sites for hydroxylation is 2. The third-order valence-electron chi connectivity index (χ3n) is 3.36. The summed E-state index contributed by atoms with van der Waals surface area (Å²) < 4.78 is 1.52. The van der Waals surface area contributed by atoms with Crippen molar-refractivity contribution in [2.75, 3.05) is 0 Å². The molecular formula is C16H14N2O2. The fourth-order valence-electron chi connectivity index (χ4n) is 2.40. The van der Waals surface area contributed by atoms with Crippen LogP contribution >= 0.6 is 0 Å². The van der Waals surface area contributed by atoms with Gasteiger partial charge >= 0.3 is 0 Å². The second-order valence-corrected chi connectivity index (χ2v) is 4.79. The molecule has 3 rings (SSSR count). The Labute approximate surface area is 116 Å². The Kier molecular flexibility index (Phi) is 2.79. The van der Waals surface area contributed by atoms with E-state index in [1.165, 1.54) is 4.57 Å². The van der Waals surface area contributed by atoms with E-state index in [4.69, 9.17) is 0 Å². The minimum Gasteiger partial charge on any atom is -0.508 e. The number of benzene rings is 2. The monoisotopic (exact) mass is 266 g/mol. The molecule has 0 unspecified atom stereocenters. The minimum absolute atomic E-state index is 0.123. The van der Waals surface area contributed by atoms with E-state index in [2.05, 4.69) is 4.98 Å². The molecule has 4 heteroatoms. The van der Waals surface area contributed by atoms with Crippen LogP contribution < -0.4 is 5.56 Å². The predicted octanol–water partition coefficient (Wildman–Crippen LogP) is 2.71. The Hall–Kier alpha value is -2.62. The molecule has 0 saturated heterocycles. The van der Waals surface area contributed by atoms with E-state index in [0.717, 1.165) is 11.1 Å². The van der Waals surface area contributed by atoms with Crippen molar-refractivity contribution in [3.8, 4) is 11.4 Å². The Morgan fingerprint density at radius 1 is 1.10 bits per heavy atom. The van der Waals surface area contributed by atoms with Crippen LogP contribution in [0.2, 0.25) is 0 Å². The van der Waals surface area contributed by atoms with Gasteiger partial charge in [-0.2, -0.15) is 0 Å². The lowest BCUT2D eigenvalue weighted by molar-refractivity contribution is 0.475. The maximum atomic E-state index is 12.7. The molecule has 0 bridgehead atoms. The Balaban J connectivity index is 2.41. The third-order valence-corrected chi connectivity index (χ3v) is 3.36. The Morgan fingerprint density at radius 2 is 1.85 bits per heavy atom. The molecular weight excluding hydrogens is 252 g/mol. The van der Waals surface area contributed by atoms with Gasteiger partial charge in [-0.1, -0.05) is 18.2 Å². The average molecular weight is 266 g/mol. The van der Waals surface area contributed by atoms with Crippen LogP contribution in [0.1, 0.15) is 11.4 Å². The quantitative estimate of drug-likeness (QED) is 0.736. The molecule has 20 heavy (non-hydrogen) atoms. The van der Waals surface area contributed by atoms with E-state index >= 15 is 0 Å². The van der Waals surface area contributed by atoms with E-state index in [1.807, 2.05) is 19.1 Å². The lowest BCUT2D eigenvalue weighted by Crippen LogP contribution is -2.22. The molecule has 0 amide bonds. The molecule has 0 spiro atoms. The molecule has 0 aliphatic heterocycles. The van der Waals surface area contributed by atoms with Gasteiger partial charge in [0.1, 0.15) is 11.6 Å². The molecule has 0 atom stereocenters. The van der Waals surface area contributed by atoms with Crippen LogP contribution in [0.15, 0.2) is 47.3 Å². The molecule has 2 aromatic carbocycles. The summed E-state index contributed by atoms with van der Waals surface area (Å²) in [6.07, 6.45) is 0. The van der Waals surface area contributed by atoms with Crippen molar-refractivity contribution in [1.29, 1.82) is 0 Å². The minimum atomic E-state index is -0.123. The summed E-state index contributed by atoms with van der Waals surface area (Å²) in [5.41, 5.74) is 2.20. The van der Waals surface area contributed by atoms with Crippen molar-refractivity contribution in [2.24, 2.45) is 0 Å². The highest BCUT2D eigenvalue weighted by Crippen LogP contribution is 2.18. The van der Waals surface area contributed by atoms with Crippen LogP contribution in [-0.2, 0) is 0 Å². The number of para-hydroxylation sites is 1. The van der Waals surface area contributed by atoms with E-state index < -0.39 is 0 Å². The fraction of sp³-hybridized carbons (Fsp3) is 0.125. The van der Waals surface area contributed by atoms with Crippen molar-refractivity contribution in [2.45, 2.75) is 13.8 Å². The molecule has 100 valence electrons. The van der Waals surface area contributed by atoms with Gasteiger partial charge in [0.2, 0.25) is 0 Å². The van der Waals surface area contributed by atoms with Crippen molar-refractivity contribution in [1.82, 2.24) is 9.55 Å². The number of fused-ring (bicyclic) bond motifs is 1. The molecule has 0 fully saturated rings. The zero-order chi connectivity index (χ0) is 14.3. The van der Waals surface area contributed by atoms with Gasteiger partial charge < -0.3 is 5.11 Å². The van der Waals surface area contributed by atoms with E-state index in [-0.39, 0.29) is 11.3 Å². The molecule has 0 aliphatic carbocycles. The Bertz CT molecular complexity index is 866. The van der Waals surface area contributed by atoms with Gasteiger partial charge in [0, 0.05) is 6.07 Å². The molecule has 0 aliphatic rings. The summed E-state index contributed by atoms with van der Waals surface area (Å²) in [7, 11) is 0. The summed E-state index contributed by atoms with van der Waals surface area (Å²) in [6, 6.07) is 12.2. The molecule has 4 nitrogen and oxygen atoms in total. The number of phenols is 1. The van der Waals surface area contributed by atoms with Crippen LogP contribution in [0.3, 0.4) is 0 Å². The highest BCUT2D eigenvalue weighted by Gasteiger charge is 2.11. The standard InChI is InChI=1S/C16H14N2O2/c1-10-5-3-8-14-15(10)17-11(2)18(16(14)20)12-6-4-7-13(19)9-12/h3-9,19H,1-2H3. The van der Waals surface area contributed by atoms with Crippen molar-refractivity contribution < 1.29 is 5.11 Å². The molecule has 3 aromatic rings. The largest absolute Gasteiger partial charge is 0.508 e. The number of phenolic OH excluding ortho intramolecular Hbond substituents is 1. The smallest absolute Gasteiger partial charge is 0.265 e. The van der Waals surface area contributed by atoms with Gasteiger partial charge in [0.25, 0.3) is 5.56 Å². The summed E-state index contributed by atoms with van der Waals surface area (Å²) in [6.45, 7) is 3.73. The summed E-state index contributed by atoms with van der Waals surface area (Å²) in [4.78, 5) is 17.2. The first-order chi connectivity index (χ1) is 9.58.